The third-order valence-electron chi connectivity index (χ3n) is 2.21. The predicted octanol–water partition coefficient (Wildman–Crippen LogP) is 3.30. The van der Waals surface area contributed by atoms with Crippen LogP contribution in [-0.4, -0.2) is 9.96 Å². The largest absolute Gasteiger partial charge is 0.259 e. The maximum absolute atomic E-state index is 4.19. The van der Waals surface area contributed by atoms with E-state index in [0.29, 0.717) is 0 Å². The zero-order chi connectivity index (χ0) is 8.67. The minimum atomic E-state index is 1.07. The summed E-state index contributed by atoms with van der Waals surface area (Å²) < 4.78 is 0. The minimum Gasteiger partial charge on any atom is -0.259 e. The van der Waals surface area contributed by atoms with Crippen molar-refractivity contribution in [1.29, 1.82) is 0 Å². The lowest BCUT2D eigenvalue weighted by Gasteiger charge is -1.95. The molecule has 1 N–H and O–H groups in total. The van der Waals surface area contributed by atoms with Crippen molar-refractivity contribution in [2.24, 2.45) is 0 Å². The Balaban J connectivity index is 2.65. The van der Waals surface area contributed by atoms with E-state index < -0.39 is 0 Å². The van der Waals surface area contributed by atoms with Crippen molar-refractivity contribution in [3.63, 3.8) is 0 Å². The van der Waals surface area contributed by atoms with Crippen molar-refractivity contribution in [2.75, 3.05) is 0 Å². The molecule has 0 spiro atoms. The molecule has 0 radical (unpaired) electrons. The highest BCUT2D eigenvalue weighted by Gasteiger charge is 2.00. The van der Waals surface area contributed by atoms with Crippen molar-refractivity contribution < 1.29 is 0 Å². The van der Waals surface area contributed by atoms with Crippen molar-refractivity contribution >= 4 is 29.8 Å². The summed E-state index contributed by atoms with van der Waals surface area (Å²) in [7, 11) is 1.10. The van der Waals surface area contributed by atoms with Crippen LogP contribution in [0.1, 0.15) is 0 Å². The van der Waals surface area contributed by atoms with E-state index in [1.54, 1.807) is 0 Å². The molecule has 3 aromatic rings. The van der Waals surface area contributed by atoms with Crippen LogP contribution in [0.25, 0.3) is 21.4 Å². The zero-order valence-corrected chi connectivity index (χ0v) is 7.75. The van der Waals surface area contributed by atoms with Crippen molar-refractivity contribution in [1.82, 2.24) is 9.96 Å². The van der Waals surface area contributed by atoms with Gasteiger partial charge in [-0.15, -0.1) is 0 Å². The number of H-pyrrole nitrogens is 1. The van der Waals surface area contributed by atoms with Gasteiger partial charge in [-0.1, -0.05) is 30.3 Å². The van der Waals surface area contributed by atoms with Crippen LogP contribution in [0.2, 0.25) is 0 Å². The first-order valence-corrected chi connectivity index (χ1v) is 5.03. The second-order valence-electron chi connectivity index (χ2n) is 2.98. The number of fused-ring (bicyclic) bond motifs is 3. The number of hydrogen-bond donors (Lipinski definition) is 1. The quantitative estimate of drug-likeness (QED) is 0.573. The summed E-state index contributed by atoms with van der Waals surface area (Å²) in [5.74, 6) is 0. The van der Waals surface area contributed by atoms with E-state index in [9.17, 15) is 0 Å². The van der Waals surface area contributed by atoms with Gasteiger partial charge in [0.2, 0.25) is 0 Å². The minimum absolute atomic E-state index is 1.07. The Kier molecular flexibility index (Phi) is 1.38. The normalized spacial score (nSPS) is 11.7. The molecule has 1 heterocycles. The number of nitrogens with zero attached hydrogens (tertiary/aromatic N) is 1. The van der Waals surface area contributed by atoms with Crippen LogP contribution in [-0.2, 0) is 0 Å². The average Bonchev–Trinajstić information content (AvgIpc) is 2.65. The Morgan fingerprint density at radius 3 is 3.00 bits per heavy atom. The summed E-state index contributed by atoms with van der Waals surface area (Å²) in [6.45, 7) is 0. The molecule has 0 saturated carbocycles. The van der Waals surface area contributed by atoms with E-state index >= 15 is 0 Å². The first-order chi connectivity index (χ1) is 6.45. The second-order valence-corrected chi connectivity index (χ2v) is 3.85. The Hall–Kier alpha value is -1.40. The van der Waals surface area contributed by atoms with E-state index in [0.717, 1.165) is 13.9 Å². The van der Waals surface area contributed by atoms with E-state index in [1.807, 2.05) is 0 Å². The smallest absolute Gasteiger partial charge is 0.0976 e. The molecule has 0 bridgehead atoms. The average molecular weight is 186 g/mol. The maximum Gasteiger partial charge on any atom is 0.0976 e. The number of hydrogen-bond acceptors (Lipinski definition) is 1. The lowest BCUT2D eigenvalue weighted by Crippen LogP contribution is -1.72. The molecule has 3 heteroatoms. The van der Waals surface area contributed by atoms with Crippen LogP contribution in [0.5, 0.6) is 0 Å². The van der Waals surface area contributed by atoms with Crippen LogP contribution in [0.3, 0.4) is 0 Å². The summed E-state index contributed by atoms with van der Waals surface area (Å²) in [6.07, 6.45) is 0. The SMILES string of the molecule is c1ccc2c(c1)ccc1n[nH]pc12. The molecule has 0 aliphatic rings. The van der Waals surface area contributed by atoms with E-state index in [4.69, 9.17) is 0 Å². The van der Waals surface area contributed by atoms with Gasteiger partial charge in [0, 0.05) is 8.35 Å². The Morgan fingerprint density at radius 2 is 2.00 bits per heavy atom. The molecule has 0 atom stereocenters. The lowest BCUT2D eigenvalue weighted by atomic mass is 10.1. The van der Waals surface area contributed by atoms with Crippen LogP contribution in [0, 0.1) is 0 Å². The number of benzene rings is 2. The fourth-order valence-corrected chi connectivity index (χ4v) is 2.40. The molecule has 0 fully saturated rings. The van der Waals surface area contributed by atoms with Gasteiger partial charge in [-0.2, -0.15) is 5.10 Å². The van der Waals surface area contributed by atoms with E-state index in [1.165, 1.54) is 15.9 Å². The number of aromatic amines is 1. The second kappa shape index (κ2) is 2.54. The third kappa shape index (κ3) is 0.958. The summed E-state index contributed by atoms with van der Waals surface area (Å²) in [5.41, 5.74) is 1.07. The van der Waals surface area contributed by atoms with Crippen molar-refractivity contribution in [3.05, 3.63) is 36.4 Å². The molecule has 3 rings (SSSR count). The maximum atomic E-state index is 4.19. The molecule has 0 amide bonds. The van der Waals surface area contributed by atoms with Gasteiger partial charge in [0.05, 0.1) is 10.6 Å². The molecule has 1 aromatic heterocycles. The first-order valence-electron chi connectivity index (χ1n) is 4.13. The highest BCUT2D eigenvalue weighted by atomic mass is 31.0. The van der Waals surface area contributed by atoms with Crippen molar-refractivity contribution in [3.8, 4) is 0 Å². The molecule has 0 aliphatic carbocycles. The number of aromatic nitrogens is 2. The van der Waals surface area contributed by atoms with Crippen LogP contribution in [0.15, 0.2) is 36.4 Å². The monoisotopic (exact) mass is 186 g/mol. The van der Waals surface area contributed by atoms with Crippen LogP contribution in [0.4, 0.5) is 0 Å². The lowest BCUT2D eigenvalue weighted by molar-refractivity contribution is 1.20. The van der Waals surface area contributed by atoms with E-state index in [-0.39, 0.29) is 0 Å². The highest BCUT2D eigenvalue weighted by molar-refractivity contribution is 7.33. The zero-order valence-electron chi connectivity index (χ0n) is 6.86. The summed E-state index contributed by atoms with van der Waals surface area (Å²) in [4.78, 5) is 2.98. The van der Waals surface area contributed by atoms with Gasteiger partial charge in [-0.25, -0.2) is 0 Å². The van der Waals surface area contributed by atoms with Crippen LogP contribution < -0.4 is 0 Å². The molecular formula is C10H7N2P. The van der Waals surface area contributed by atoms with Gasteiger partial charge in [0.15, 0.2) is 0 Å². The number of nitrogens with one attached hydrogen (secondary N) is 1. The molecule has 0 unspecified atom stereocenters. The Bertz CT molecular complexity index is 571. The Labute approximate surface area is 76.7 Å². The fourth-order valence-electron chi connectivity index (χ4n) is 1.58. The molecule has 2 aromatic carbocycles. The van der Waals surface area contributed by atoms with Gasteiger partial charge in [0.1, 0.15) is 0 Å². The summed E-state index contributed by atoms with van der Waals surface area (Å²) >= 11 is 0. The van der Waals surface area contributed by atoms with E-state index in [2.05, 4.69) is 46.4 Å². The molecule has 0 saturated heterocycles. The van der Waals surface area contributed by atoms with Gasteiger partial charge in [-0.05, 0) is 16.8 Å². The molecule has 13 heavy (non-hydrogen) atoms. The van der Waals surface area contributed by atoms with Crippen LogP contribution >= 0.6 is 8.35 Å². The van der Waals surface area contributed by atoms with Gasteiger partial charge >= 0.3 is 0 Å². The molecular weight excluding hydrogens is 179 g/mol. The summed E-state index contributed by atoms with van der Waals surface area (Å²) in [6, 6.07) is 12.6. The molecule has 0 aliphatic heterocycles. The van der Waals surface area contributed by atoms with Gasteiger partial charge in [0.25, 0.3) is 0 Å². The van der Waals surface area contributed by atoms with Gasteiger partial charge < -0.3 is 0 Å². The fraction of sp³-hybridized carbons (Fsp3) is 0. The third-order valence-corrected chi connectivity index (χ3v) is 3.11. The molecule has 62 valence electrons. The summed E-state index contributed by atoms with van der Waals surface area (Å²) in [5, 5.41) is 8.06. The van der Waals surface area contributed by atoms with Crippen molar-refractivity contribution in [2.45, 2.75) is 0 Å². The van der Waals surface area contributed by atoms with Gasteiger partial charge in [-0.3, -0.25) is 4.86 Å². The predicted molar refractivity (Wildman–Crippen MR) is 56.1 cm³/mol. The topological polar surface area (TPSA) is 28.7 Å². The molecule has 2 nitrogen and oxygen atoms in total. The highest BCUT2D eigenvalue weighted by Crippen LogP contribution is 2.28. The Morgan fingerprint density at radius 1 is 1.08 bits per heavy atom. The first kappa shape index (κ1) is 7.05. The standard InChI is InChI=1S/C10H7N2P/c1-2-4-8-7(3-1)5-6-9-10(8)13-12-11-9/h1-6H,(H,11,12). The number of rotatable bonds is 0.